The molecule has 4 nitrogen and oxygen atoms in total. The zero-order chi connectivity index (χ0) is 19.0. The van der Waals surface area contributed by atoms with Gasteiger partial charge in [-0.05, 0) is 72.6 Å². The summed E-state index contributed by atoms with van der Waals surface area (Å²) >= 11 is 6.78. The molecule has 7 heteroatoms. The van der Waals surface area contributed by atoms with Crippen molar-refractivity contribution in [2.45, 2.75) is 20.4 Å². The molecule has 1 aliphatic rings. The number of phenolic OH excluding ortho intramolecular Hbond substituents is 1. The number of aryl methyl sites for hydroxylation is 2. The number of nitrogens with zero attached hydrogens (tertiary/aromatic N) is 1. The van der Waals surface area contributed by atoms with E-state index in [1.807, 2.05) is 0 Å². The van der Waals surface area contributed by atoms with Crippen molar-refractivity contribution in [2.75, 3.05) is 0 Å². The minimum atomic E-state index is -0.565. The Kier molecular flexibility index (Phi) is 5.07. The highest BCUT2D eigenvalue weighted by molar-refractivity contribution is 8.18. The third-order valence-corrected chi connectivity index (χ3v) is 5.32. The van der Waals surface area contributed by atoms with Crippen LogP contribution < -0.4 is 0 Å². The lowest BCUT2D eigenvalue weighted by atomic mass is 10.1. The minimum Gasteiger partial charge on any atom is -0.507 e. The van der Waals surface area contributed by atoms with Crippen molar-refractivity contribution in [3.05, 3.63) is 68.3 Å². The highest BCUT2D eigenvalue weighted by atomic mass is 35.5. The Labute approximate surface area is 159 Å². The largest absolute Gasteiger partial charge is 0.507 e. The molecule has 2 aromatic carbocycles. The standard InChI is InChI=1S/C19H15ClFNO3S/c1-10-6-12(7-11(2)17(10)23)8-16-18(24)22(19(25)26-16)9-13-14(20)4-3-5-15(13)21/h3-8,23H,9H2,1-2H3. The van der Waals surface area contributed by atoms with Crippen LogP contribution in [0, 0.1) is 19.7 Å². The highest BCUT2D eigenvalue weighted by Gasteiger charge is 2.35. The summed E-state index contributed by atoms with van der Waals surface area (Å²) in [6.45, 7) is 3.29. The third-order valence-electron chi connectivity index (χ3n) is 4.06. The molecule has 0 atom stereocenters. The summed E-state index contributed by atoms with van der Waals surface area (Å²) in [6, 6.07) is 7.66. The van der Waals surface area contributed by atoms with Gasteiger partial charge in [-0.3, -0.25) is 14.5 Å². The molecule has 3 rings (SSSR count). The molecular formula is C19H15ClFNO3S. The first-order chi connectivity index (χ1) is 12.3. The van der Waals surface area contributed by atoms with Crippen LogP contribution in [0.4, 0.5) is 9.18 Å². The first-order valence-corrected chi connectivity index (χ1v) is 8.96. The molecule has 1 fully saturated rings. The third kappa shape index (κ3) is 3.48. The number of benzene rings is 2. The van der Waals surface area contributed by atoms with Crippen LogP contribution in [0.1, 0.15) is 22.3 Å². The Hall–Kier alpha value is -2.31. The molecule has 1 aliphatic heterocycles. The van der Waals surface area contributed by atoms with Gasteiger partial charge in [0.15, 0.2) is 0 Å². The minimum absolute atomic E-state index is 0.106. The number of carbonyl (C=O) groups is 2. The van der Waals surface area contributed by atoms with E-state index in [0.717, 1.165) is 16.7 Å². The average Bonchev–Trinajstić information content (AvgIpc) is 2.83. The summed E-state index contributed by atoms with van der Waals surface area (Å²) in [5.74, 6) is -0.863. The molecule has 2 amide bonds. The van der Waals surface area contributed by atoms with E-state index >= 15 is 0 Å². The van der Waals surface area contributed by atoms with Gasteiger partial charge in [0.05, 0.1) is 11.4 Å². The summed E-state index contributed by atoms with van der Waals surface area (Å²) in [6.07, 6.45) is 1.59. The fraction of sp³-hybridized carbons (Fsp3) is 0.158. The summed E-state index contributed by atoms with van der Waals surface area (Å²) in [5, 5.41) is 9.53. The van der Waals surface area contributed by atoms with Gasteiger partial charge in [0.25, 0.3) is 11.1 Å². The van der Waals surface area contributed by atoms with Gasteiger partial charge in [0.1, 0.15) is 11.6 Å². The van der Waals surface area contributed by atoms with Gasteiger partial charge in [-0.25, -0.2) is 4.39 Å². The first kappa shape index (κ1) is 18.5. The fourth-order valence-electron chi connectivity index (χ4n) is 2.70. The lowest BCUT2D eigenvalue weighted by Crippen LogP contribution is -2.28. The van der Waals surface area contributed by atoms with Crippen LogP contribution in [-0.4, -0.2) is 21.2 Å². The van der Waals surface area contributed by atoms with Crippen molar-refractivity contribution in [3.8, 4) is 5.75 Å². The van der Waals surface area contributed by atoms with Gasteiger partial charge < -0.3 is 5.11 Å². The fourth-order valence-corrected chi connectivity index (χ4v) is 3.76. The lowest BCUT2D eigenvalue weighted by Gasteiger charge is -2.14. The number of aromatic hydroxyl groups is 1. The number of imide groups is 1. The predicted molar refractivity (Wildman–Crippen MR) is 101 cm³/mol. The molecule has 1 saturated heterocycles. The van der Waals surface area contributed by atoms with Crippen LogP contribution in [0.25, 0.3) is 6.08 Å². The number of rotatable bonds is 3. The molecule has 1 N–H and O–H groups in total. The average molecular weight is 392 g/mol. The van der Waals surface area contributed by atoms with Crippen molar-refractivity contribution in [2.24, 2.45) is 0 Å². The van der Waals surface area contributed by atoms with Gasteiger partial charge >= 0.3 is 0 Å². The molecule has 0 bridgehead atoms. The Morgan fingerprint density at radius 3 is 2.50 bits per heavy atom. The number of thioether (sulfide) groups is 1. The summed E-state index contributed by atoms with van der Waals surface area (Å²) in [4.78, 5) is 26.0. The van der Waals surface area contributed by atoms with Crippen molar-refractivity contribution in [1.29, 1.82) is 0 Å². The van der Waals surface area contributed by atoms with Gasteiger partial charge in [-0.1, -0.05) is 17.7 Å². The second kappa shape index (κ2) is 7.13. The first-order valence-electron chi connectivity index (χ1n) is 7.76. The Bertz CT molecular complexity index is 915. The van der Waals surface area contributed by atoms with Crippen molar-refractivity contribution in [1.82, 2.24) is 4.90 Å². The molecule has 26 heavy (non-hydrogen) atoms. The molecule has 0 spiro atoms. The molecular weight excluding hydrogens is 377 g/mol. The van der Waals surface area contributed by atoms with E-state index in [9.17, 15) is 19.1 Å². The number of carbonyl (C=O) groups excluding carboxylic acids is 2. The summed E-state index contributed by atoms with van der Waals surface area (Å²) in [7, 11) is 0. The van der Waals surface area contributed by atoms with E-state index in [0.29, 0.717) is 16.7 Å². The van der Waals surface area contributed by atoms with E-state index in [2.05, 4.69) is 0 Å². The van der Waals surface area contributed by atoms with E-state index < -0.39 is 17.0 Å². The van der Waals surface area contributed by atoms with Crippen LogP contribution in [0.15, 0.2) is 35.2 Å². The van der Waals surface area contributed by atoms with Crippen LogP contribution in [0.5, 0.6) is 5.75 Å². The normalized spacial score (nSPS) is 16.0. The SMILES string of the molecule is Cc1cc(C=C2SC(=O)N(Cc3c(F)cccc3Cl)C2=O)cc(C)c1O. The summed E-state index contributed by atoms with van der Waals surface area (Å²) < 4.78 is 13.9. The zero-order valence-electron chi connectivity index (χ0n) is 14.0. The molecule has 2 aromatic rings. The van der Waals surface area contributed by atoms with Crippen LogP contribution in [-0.2, 0) is 11.3 Å². The molecule has 0 aliphatic carbocycles. The van der Waals surface area contributed by atoms with Crippen LogP contribution in [0.3, 0.4) is 0 Å². The lowest BCUT2D eigenvalue weighted by molar-refractivity contribution is -0.123. The quantitative estimate of drug-likeness (QED) is 0.745. The van der Waals surface area contributed by atoms with Gasteiger partial charge in [0, 0.05) is 10.6 Å². The van der Waals surface area contributed by atoms with E-state index in [1.54, 1.807) is 32.1 Å². The van der Waals surface area contributed by atoms with Crippen molar-refractivity contribution >= 4 is 40.6 Å². The molecule has 0 aromatic heterocycles. The molecule has 0 radical (unpaired) electrons. The van der Waals surface area contributed by atoms with Gasteiger partial charge in [-0.2, -0.15) is 0 Å². The van der Waals surface area contributed by atoms with E-state index in [4.69, 9.17) is 11.6 Å². The molecule has 0 unspecified atom stereocenters. The van der Waals surface area contributed by atoms with E-state index in [-0.39, 0.29) is 27.8 Å². The zero-order valence-corrected chi connectivity index (χ0v) is 15.6. The second-order valence-electron chi connectivity index (χ2n) is 5.97. The number of hydrogen-bond acceptors (Lipinski definition) is 4. The number of halogens is 2. The van der Waals surface area contributed by atoms with Crippen LogP contribution >= 0.6 is 23.4 Å². The molecule has 0 saturated carbocycles. The second-order valence-corrected chi connectivity index (χ2v) is 7.37. The predicted octanol–water partition coefficient (Wildman–Crippen LogP) is 5.04. The molecule has 134 valence electrons. The maximum atomic E-state index is 13.9. The monoisotopic (exact) mass is 391 g/mol. The number of phenols is 1. The van der Waals surface area contributed by atoms with Crippen molar-refractivity contribution < 1.29 is 19.1 Å². The number of hydrogen-bond donors (Lipinski definition) is 1. The van der Waals surface area contributed by atoms with Gasteiger partial charge in [0.2, 0.25) is 0 Å². The van der Waals surface area contributed by atoms with Crippen LogP contribution in [0.2, 0.25) is 5.02 Å². The Morgan fingerprint density at radius 2 is 1.88 bits per heavy atom. The smallest absolute Gasteiger partial charge is 0.293 e. The maximum Gasteiger partial charge on any atom is 0.293 e. The number of amides is 2. The Morgan fingerprint density at radius 1 is 1.23 bits per heavy atom. The summed E-state index contributed by atoms with van der Waals surface area (Å²) in [5.41, 5.74) is 2.16. The topological polar surface area (TPSA) is 57.6 Å². The molecule has 1 heterocycles. The van der Waals surface area contributed by atoms with E-state index in [1.165, 1.54) is 18.2 Å². The highest BCUT2D eigenvalue weighted by Crippen LogP contribution is 2.35. The Balaban J connectivity index is 1.90. The maximum absolute atomic E-state index is 13.9. The van der Waals surface area contributed by atoms with Gasteiger partial charge in [-0.15, -0.1) is 0 Å². The van der Waals surface area contributed by atoms with Crippen molar-refractivity contribution in [3.63, 3.8) is 0 Å².